The van der Waals surface area contributed by atoms with E-state index in [1.807, 2.05) is 24.3 Å². The highest BCUT2D eigenvalue weighted by Crippen LogP contribution is 2.17. The molecule has 1 atom stereocenters. The fourth-order valence-corrected chi connectivity index (χ4v) is 1.52. The number of nitrogens with one attached hydrogen (secondary N) is 1. The second-order valence-electron chi connectivity index (χ2n) is 5.23. The van der Waals surface area contributed by atoms with Crippen molar-refractivity contribution in [2.45, 2.75) is 45.8 Å². The zero-order valence-electron chi connectivity index (χ0n) is 11.1. The molecule has 0 saturated heterocycles. The molecule has 1 N–H and O–H groups in total. The number of hydrogen-bond donors (Lipinski definition) is 1. The van der Waals surface area contributed by atoms with Crippen molar-refractivity contribution in [2.75, 3.05) is 6.54 Å². The molecule has 1 unspecified atom stereocenters. The molecule has 1 rings (SSSR count). The molecule has 1 aromatic carbocycles. The van der Waals surface area contributed by atoms with Gasteiger partial charge in [-0.05, 0) is 51.5 Å². The van der Waals surface area contributed by atoms with Crippen LogP contribution in [0, 0.1) is 0 Å². The summed E-state index contributed by atoms with van der Waals surface area (Å²) in [6.07, 6.45) is 1.17. The number of ether oxygens (including phenoxy) is 1. The Kier molecular flexibility index (Phi) is 5.29. The average Bonchev–Trinajstić information content (AvgIpc) is 2.25. The van der Waals surface area contributed by atoms with Gasteiger partial charge >= 0.3 is 0 Å². The zero-order valence-corrected chi connectivity index (χ0v) is 11.8. The Morgan fingerprint density at radius 2 is 1.82 bits per heavy atom. The summed E-state index contributed by atoms with van der Waals surface area (Å²) in [4.78, 5) is 0. The van der Waals surface area contributed by atoms with Gasteiger partial charge in [0.25, 0.3) is 0 Å². The van der Waals surface area contributed by atoms with Crippen LogP contribution in [0.3, 0.4) is 0 Å². The SMILES string of the molecule is CCC(CNC(C)(C)C)Oc1ccc(Cl)cc1. The van der Waals surface area contributed by atoms with Crippen molar-refractivity contribution in [1.29, 1.82) is 0 Å². The van der Waals surface area contributed by atoms with Gasteiger partial charge in [-0.1, -0.05) is 18.5 Å². The van der Waals surface area contributed by atoms with Gasteiger partial charge in [0.05, 0.1) is 0 Å². The molecule has 0 amide bonds. The summed E-state index contributed by atoms with van der Waals surface area (Å²) in [6, 6.07) is 7.51. The van der Waals surface area contributed by atoms with Crippen LogP contribution < -0.4 is 10.1 Å². The van der Waals surface area contributed by atoms with Crippen LogP contribution in [0.25, 0.3) is 0 Å². The van der Waals surface area contributed by atoms with Gasteiger partial charge in [-0.25, -0.2) is 0 Å². The molecule has 0 radical (unpaired) electrons. The summed E-state index contributed by atoms with van der Waals surface area (Å²) >= 11 is 5.84. The van der Waals surface area contributed by atoms with Crippen molar-refractivity contribution in [3.05, 3.63) is 29.3 Å². The van der Waals surface area contributed by atoms with Gasteiger partial charge in [-0.15, -0.1) is 0 Å². The van der Waals surface area contributed by atoms with Crippen molar-refractivity contribution in [2.24, 2.45) is 0 Å². The summed E-state index contributed by atoms with van der Waals surface area (Å²) in [7, 11) is 0. The van der Waals surface area contributed by atoms with Gasteiger partial charge in [0.2, 0.25) is 0 Å². The highest BCUT2D eigenvalue weighted by Gasteiger charge is 2.13. The second kappa shape index (κ2) is 6.27. The molecule has 96 valence electrons. The molecule has 17 heavy (non-hydrogen) atoms. The third-order valence-corrected chi connectivity index (χ3v) is 2.68. The smallest absolute Gasteiger partial charge is 0.119 e. The van der Waals surface area contributed by atoms with E-state index in [0.717, 1.165) is 23.7 Å². The molecule has 0 heterocycles. The lowest BCUT2D eigenvalue weighted by Crippen LogP contribution is -2.42. The van der Waals surface area contributed by atoms with Crippen LogP contribution in [-0.4, -0.2) is 18.2 Å². The highest BCUT2D eigenvalue weighted by molar-refractivity contribution is 6.30. The Morgan fingerprint density at radius 3 is 2.29 bits per heavy atom. The van der Waals surface area contributed by atoms with E-state index in [0.29, 0.717) is 0 Å². The summed E-state index contributed by atoms with van der Waals surface area (Å²) in [5.41, 5.74) is 0.122. The van der Waals surface area contributed by atoms with Gasteiger partial charge < -0.3 is 10.1 Å². The van der Waals surface area contributed by atoms with E-state index in [9.17, 15) is 0 Å². The minimum atomic E-state index is 0.122. The zero-order chi connectivity index (χ0) is 12.9. The Hall–Kier alpha value is -0.730. The third-order valence-electron chi connectivity index (χ3n) is 2.43. The standard InChI is InChI=1S/C14H22ClNO/c1-5-12(10-16-14(2,3)4)17-13-8-6-11(15)7-9-13/h6-9,12,16H,5,10H2,1-4H3. The van der Waals surface area contributed by atoms with Crippen LogP contribution in [-0.2, 0) is 0 Å². The van der Waals surface area contributed by atoms with Crippen molar-refractivity contribution in [3.63, 3.8) is 0 Å². The topological polar surface area (TPSA) is 21.3 Å². The first-order valence-electron chi connectivity index (χ1n) is 6.08. The largest absolute Gasteiger partial charge is 0.489 e. The lowest BCUT2D eigenvalue weighted by Gasteiger charge is -2.25. The predicted molar refractivity (Wildman–Crippen MR) is 73.9 cm³/mol. The summed E-state index contributed by atoms with van der Waals surface area (Å²) < 4.78 is 5.89. The Bertz CT molecular complexity index is 329. The number of benzene rings is 1. The van der Waals surface area contributed by atoms with Crippen LogP contribution in [0.5, 0.6) is 5.75 Å². The Balaban J connectivity index is 2.49. The second-order valence-corrected chi connectivity index (χ2v) is 5.67. The minimum Gasteiger partial charge on any atom is -0.489 e. The van der Waals surface area contributed by atoms with E-state index < -0.39 is 0 Å². The van der Waals surface area contributed by atoms with Crippen LogP contribution in [0.15, 0.2) is 24.3 Å². The highest BCUT2D eigenvalue weighted by atomic mass is 35.5. The number of rotatable bonds is 5. The lowest BCUT2D eigenvalue weighted by molar-refractivity contribution is 0.181. The molecule has 0 bridgehead atoms. The van der Waals surface area contributed by atoms with E-state index in [4.69, 9.17) is 16.3 Å². The van der Waals surface area contributed by atoms with Crippen molar-refractivity contribution < 1.29 is 4.74 Å². The maximum atomic E-state index is 5.89. The molecule has 0 aliphatic rings. The van der Waals surface area contributed by atoms with Gasteiger partial charge in [0, 0.05) is 17.1 Å². The fourth-order valence-electron chi connectivity index (χ4n) is 1.39. The average molecular weight is 256 g/mol. The van der Waals surface area contributed by atoms with Crippen LogP contribution in [0.1, 0.15) is 34.1 Å². The molecule has 0 fully saturated rings. The first-order valence-corrected chi connectivity index (χ1v) is 6.46. The van der Waals surface area contributed by atoms with E-state index in [1.165, 1.54) is 0 Å². The maximum Gasteiger partial charge on any atom is 0.119 e. The number of hydrogen-bond acceptors (Lipinski definition) is 2. The predicted octanol–water partition coefficient (Wildman–Crippen LogP) is 3.89. The van der Waals surface area contributed by atoms with Gasteiger partial charge in [-0.2, -0.15) is 0 Å². The minimum absolute atomic E-state index is 0.122. The Morgan fingerprint density at radius 1 is 1.24 bits per heavy atom. The maximum absolute atomic E-state index is 5.89. The van der Waals surface area contributed by atoms with Gasteiger partial charge in [-0.3, -0.25) is 0 Å². The van der Waals surface area contributed by atoms with Crippen LogP contribution >= 0.6 is 11.6 Å². The quantitative estimate of drug-likeness (QED) is 0.862. The molecule has 3 heteroatoms. The monoisotopic (exact) mass is 255 g/mol. The van der Waals surface area contributed by atoms with Gasteiger partial charge in [0.1, 0.15) is 11.9 Å². The van der Waals surface area contributed by atoms with E-state index in [2.05, 4.69) is 33.0 Å². The number of halogens is 1. The lowest BCUT2D eigenvalue weighted by atomic mass is 10.1. The molecule has 0 saturated carbocycles. The van der Waals surface area contributed by atoms with Crippen molar-refractivity contribution in [3.8, 4) is 5.75 Å². The normalized spacial score (nSPS) is 13.5. The molecule has 2 nitrogen and oxygen atoms in total. The molecule has 0 aliphatic heterocycles. The summed E-state index contributed by atoms with van der Waals surface area (Å²) in [6.45, 7) is 9.44. The first kappa shape index (κ1) is 14.3. The molecule has 0 aromatic heterocycles. The first-order chi connectivity index (χ1) is 7.90. The molecule has 0 spiro atoms. The van der Waals surface area contributed by atoms with Crippen LogP contribution in [0.4, 0.5) is 0 Å². The summed E-state index contributed by atoms with van der Waals surface area (Å²) in [5.74, 6) is 0.872. The molecule has 0 aliphatic carbocycles. The van der Waals surface area contributed by atoms with E-state index in [1.54, 1.807) is 0 Å². The third kappa shape index (κ3) is 5.94. The molecule has 1 aromatic rings. The van der Waals surface area contributed by atoms with E-state index in [-0.39, 0.29) is 11.6 Å². The van der Waals surface area contributed by atoms with Crippen molar-refractivity contribution in [1.82, 2.24) is 5.32 Å². The summed E-state index contributed by atoms with van der Waals surface area (Å²) in [5, 5.41) is 4.19. The van der Waals surface area contributed by atoms with Crippen LogP contribution in [0.2, 0.25) is 5.02 Å². The van der Waals surface area contributed by atoms with Crippen molar-refractivity contribution >= 4 is 11.6 Å². The molecular formula is C14H22ClNO. The Labute approximate surface area is 109 Å². The van der Waals surface area contributed by atoms with E-state index >= 15 is 0 Å². The van der Waals surface area contributed by atoms with Gasteiger partial charge in [0.15, 0.2) is 0 Å². The fraction of sp³-hybridized carbons (Fsp3) is 0.571. The molecular weight excluding hydrogens is 234 g/mol.